The van der Waals surface area contributed by atoms with Gasteiger partial charge in [-0.15, -0.1) is 0 Å². The number of hydrogen-bond acceptors (Lipinski definition) is 5. The van der Waals surface area contributed by atoms with Crippen LogP contribution in [0.15, 0.2) is 35.3 Å². The van der Waals surface area contributed by atoms with Crippen LogP contribution in [0.4, 0.5) is 0 Å². The van der Waals surface area contributed by atoms with Crippen molar-refractivity contribution in [2.24, 2.45) is 0 Å². The van der Waals surface area contributed by atoms with Gasteiger partial charge in [0.25, 0.3) is 5.56 Å². The maximum absolute atomic E-state index is 12.2. The Morgan fingerprint density at radius 1 is 1.39 bits per heavy atom. The lowest BCUT2D eigenvalue weighted by atomic mass is 10.2. The number of carbonyl (C=O) groups excluding carboxylic acids is 1. The number of nitrogens with one attached hydrogen (secondary N) is 1. The highest BCUT2D eigenvalue weighted by Gasteiger charge is 2.16. The number of rotatable bonds is 6. The average Bonchev–Trinajstić information content (AvgIpc) is 2.53. The lowest BCUT2D eigenvalue weighted by molar-refractivity contribution is -0.123. The SMILES string of the molecule is COCC(NC(=O)Cn1nc(C)c(C)cc1=O)c1ccccn1. The second kappa shape index (κ2) is 7.64. The van der Waals surface area contributed by atoms with Gasteiger partial charge in [-0.25, -0.2) is 4.68 Å². The zero-order valence-electron chi connectivity index (χ0n) is 13.4. The summed E-state index contributed by atoms with van der Waals surface area (Å²) in [6.07, 6.45) is 1.65. The number of carbonyl (C=O) groups is 1. The number of nitrogens with zero attached hydrogens (tertiary/aromatic N) is 3. The molecule has 1 N–H and O–H groups in total. The fourth-order valence-corrected chi connectivity index (χ4v) is 2.11. The molecule has 0 spiro atoms. The molecule has 1 unspecified atom stereocenters. The molecule has 0 aliphatic rings. The first-order chi connectivity index (χ1) is 11.0. The summed E-state index contributed by atoms with van der Waals surface area (Å²) in [6.45, 7) is 3.75. The zero-order chi connectivity index (χ0) is 16.8. The largest absolute Gasteiger partial charge is 0.382 e. The standard InChI is InChI=1S/C16H20N4O3/c1-11-8-16(22)20(19-12(11)2)9-15(21)18-14(10-23-3)13-6-4-5-7-17-13/h4-8,14H,9-10H2,1-3H3,(H,18,21). The molecule has 0 aliphatic heterocycles. The molecule has 7 nitrogen and oxygen atoms in total. The molecule has 0 aromatic carbocycles. The van der Waals surface area contributed by atoms with Crippen LogP contribution >= 0.6 is 0 Å². The lowest BCUT2D eigenvalue weighted by Gasteiger charge is -2.17. The number of amides is 1. The highest BCUT2D eigenvalue weighted by Crippen LogP contribution is 2.09. The Bertz CT molecular complexity index is 728. The smallest absolute Gasteiger partial charge is 0.267 e. The van der Waals surface area contributed by atoms with Gasteiger partial charge in [0.1, 0.15) is 6.54 Å². The first-order valence-corrected chi connectivity index (χ1v) is 7.26. The number of ether oxygens (including phenoxy) is 1. The number of methoxy groups -OCH3 is 1. The van der Waals surface area contributed by atoms with Crippen molar-refractivity contribution in [1.82, 2.24) is 20.1 Å². The van der Waals surface area contributed by atoms with Gasteiger partial charge in [0.05, 0.1) is 24.0 Å². The van der Waals surface area contributed by atoms with Crippen LogP contribution in [0.3, 0.4) is 0 Å². The topological polar surface area (TPSA) is 86.1 Å². The number of hydrogen-bond donors (Lipinski definition) is 1. The van der Waals surface area contributed by atoms with Gasteiger partial charge in [0, 0.05) is 19.4 Å². The number of aromatic nitrogens is 3. The summed E-state index contributed by atoms with van der Waals surface area (Å²) in [5, 5.41) is 6.95. The molecule has 2 aromatic rings. The summed E-state index contributed by atoms with van der Waals surface area (Å²) in [7, 11) is 1.55. The number of pyridine rings is 1. The van der Waals surface area contributed by atoms with Crippen molar-refractivity contribution in [3.63, 3.8) is 0 Å². The van der Waals surface area contributed by atoms with Crippen LogP contribution in [0.1, 0.15) is 23.0 Å². The van der Waals surface area contributed by atoms with Gasteiger partial charge in [-0.05, 0) is 31.5 Å². The Hall–Kier alpha value is -2.54. The van der Waals surface area contributed by atoms with Crippen molar-refractivity contribution in [3.8, 4) is 0 Å². The van der Waals surface area contributed by atoms with E-state index in [0.29, 0.717) is 5.69 Å². The van der Waals surface area contributed by atoms with Gasteiger partial charge in [-0.1, -0.05) is 6.07 Å². The summed E-state index contributed by atoms with van der Waals surface area (Å²) >= 11 is 0. The third-order valence-corrected chi connectivity index (χ3v) is 3.44. The molecule has 0 saturated heterocycles. The van der Waals surface area contributed by atoms with Gasteiger partial charge in [0.2, 0.25) is 5.91 Å². The lowest BCUT2D eigenvalue weighted by Crippen LogP contribution is -2.37. The van der Waals surface area contributed by atoms with Crippen molar-refractivity contribution in [2.75, 3.05) is 13.7 Å². The molecule has 1 amide bonds. The van der Waals surface area contributed by atoms with Gasteiger partial charge in [-0.3, -0.25) is 14.6 Å². The van der Waals surface area contributed by atoms with Crippen molar-refractivity contribution >= 4 is 5.91 Å². The van der Waals surface area contributed by atoms with Crippen molar-refractivity contribution in [2.45, 2.75) is 26.4 Å². The Morgan fingerprint density at radius 3 is 2.83 bits per heavy atom. The van der Waals surface area contributed by atoms with E-state index in [4.69, 9.17) is 4.74 Å². The van der Waals surface area contributed by atoms with Crippen LogP contribution in [0.2, 0.25) is 0 Å². The monoisotopic (exact) mass is 316 g/mol. The highest BCUT2D eigenvalue weighted by molar-refractivity contribution is 5.76. The molecular weight excluding hydrogens is 296 g/mol. The van der Waals surface area contributed by atoms with Crippen LogP contribution in [-0.4, -0.2) is 34.4 Å². The van der Waals surface area contributed by atoms with E-state index in [-0.39, 0.29) is 30.7 Å². The van der Waals surface area contributed by atoms with E-state index in [1.54, 1.807) is 26.3 Å². The minimum atomic E-state index is -0.379. The Kier molecular flexibility index (Phi) is 5.59. The maximum Gasteiger partial charge on any atom is 0.267 e. The van der Waals surface area contributed by atoms with Crippen LogP contribution < -0.4 is 10.9 Å². The van der Waals surface area contributed by atoms with Crippen LogP contribution in [0.5, 0.6) is 0 Å². The molecular formula is C16H20N4O3. The minimum Gasteiger partial charge on any atom is -0.382 e. The van der Waals surface area contributed by atoms with E-state index in [9.17, 15) is 9.59 Å². The maximum atomic E-state index is 12.2. The predicted octanol–water partition coefficient (Wildman–Crippen LogP) is 0.759. The molecule has 1 atom stereocenters. The average molecular weight is 316 g/mol. The second-order valence-corrected chi connectivity index (χ2v) is 5.24. The molecule has 23 heavy (non-hydrogen) atoms. The van der Waals surface area contributed by atoms with Crippen LogP contribution in [-0.2, 0) is 16.1 Å². The molecule has 0 radical (unpaired) electrons. The molecule has 2 rings (SSSR count). The Morgan fingerprint density at radius 2 is 2.17 bits per heavy atom. The molecule has 0 fully saturated rings. The Balaban J connectivity index is 2.11. The van der Waals surface area contributed by atoms with E-state index < -0.39 is 0 Å². The summed E-state index contributed by atoms with van der Waals surface area (Å²) < 4.78 is 6.28. The van der Waals surface area contributed by atoms with E-state index in [2.05, 4.69) is 15.4 Å². The van der Waals surface area contributed by atoms with Crippen molar-refractivity contribution in [1.29, 1.82) is 0 Å². The fourth-order valence-electron chi connectivity index (χ4n) is 2.11. The first-order valence-electron chi connectivity index (χ1n) is 7.26. The molecule has 122 valence electrons. The van der Waals surface area contributed by atoms with Crippen LogP contribution in [0, 0.1) is 13.8 Å². The van der Waals surface area contributed by atoms with Crippen molar-refractivity contribution in [3.05, 3.63) is 57.8 Å². The summed E-state index contributed by atoms with van der Waals surface area (Å²) in [5.41, 5.74) is 1.92. The van der Waals surface area contributed by atoms with Crippen LogP contribution in [0.25, 0.3) is 0 Å². The molecule has 2 aromatic heterocycles. The second-order valence-electron chi connectivity index (χ2n) is 5.24. The van der Waals surface area contributed by atoms with Gasteiger partial charge < -0.3 is 10.1 Å². The summed E-state index contributed by atoms with van der Waals surface area (Å²) in [5.74, 6) is -0.324. The molecule has 2 heterocycles. The van der Waals surface area contributed by atoms with Crippen molar-refractivity contribution < 1.29 is 9.53 Å². The first kappa shape index (κ1) is 16.8. The highest BCUT2D eigenvalue weighted by atomic mass is 16.5. The molecule has 7 heteroatoms. The minimum absolute atomic E-state index is 0.146. The fraction of sp³-hybridized carbons (Fsp3) is 0.375. The molecule has 0 saturated carbocycles. The summed E-state index contributed by atoms with van der Waals surface area (Å²) in [6, 6.07) is 6.54. The zero-order valence-corrected chi connectivity index (χ0v) is 13.4. The number of aryl methyl sites for hydroxylation is 2. The quantitative estimate of drug-likeness (QED) is 0.850. The molecule has 0 aliphatic carbocycles. The molecule has 0 bridgehead atoms. The van der Waals surface area contributed by atoms with E-state index in [1.807, 2.05) is 19.1 Å². The van der Waals surface area contributed by atoms with E-state index in [1.165, 1.54) is 6.07 Å². The van der Waals surface area contributed by atoms with E-state index >= 15 is 0 Å². The third kappa shape index (κ3) is 4.46. The van der Waals surface area contributed by atoms with Gasteiger partial charge >= 0.3 is 0 Å². The normalized spacial score (nSPS) is 12.0. The van der Waals surface area contributed by atoms with Gasteiger partial charge in [0.15, 0.2) is 0 Å². The van der Waals surface area contributed by atoms with E-state index in [0.717, 1.165) is 15.9 Å². The predicted molar refractivity (Wildman–Crippen MR) is 85.0 cm³/mol. The Labute approximate surface area is 134 Å². The van der Waals surface area contributed by atoms with Gasteiger partial charge in [-0.2, -0.15) is 5.10 Å². The third-order valence-electron chi connectivity index (χ3n) is 3.44. The summed E-state index contributed by atoms with van der Waals surface area (Å²) in [4.78, 5) is 28.3.